The van der Waals surface area contributed by atoms with Crippen LogP contribution < -0.4 is 11.3 Å². The smallest absolute Gasteiger partial charge is 0.194 e. The number of nitrogen functional groups attached to an aromatic ring is 1. The molecular weight excluding hydrogens is 474 g/mol. The number of fused-ring (bicyclic) bond motifs is 3. The highest BCUT2D eigenvalue weighted by atomic mass is 16.3. The van der Waals surface area contributed by atoms with Gasteiger partial charge in [-0.15, -0.1) is 0 Å². The maximum atomic E-state index is 10.9. The summed E-state index contributed by atoms with van der Waals surface area (Å²) < 4.78 is 11.1. The number of para-hydroxylation sites is 4. The number of furan rings is 2. The number of carbonyl (C=O) groups excluding carboxylic acids is 1. The van der Waals surface area contributed by atoms with Crippen molar-refractivity contribution < 1.29 is 13.6 Å². The van der Waals surface area contributed by atoms with E-state index in [1.807, 2.05) is 84.9 Å². The summed E-state index contributed by atoms with van der Waals surface area (Å²) in [7, 11) is 0. The van der Waals surface area contributed by atoms with E-state index in [2.05, 4.69) is 40.7 Å². The van der Waals surface area contributed by atoms with Crippen molar-refractivity contribution in [2.75, 3.05) is 5.43 Å². The molecule has 4 N–H and O–H groups in total. The summed E-state index contributed by atoms with van der Waals surface area (Å²) in [5.74, 6) is 6.37. The van der Waals surface area contributed by atoms with E-state index in [1.54, 1.807) is 6.07 Å². The fraction of sp³-hybridized carbons (Fsp3) is 0.0312. The molecule has 0 amide bonds. The van der Waals surface area contributed by atoms with Crippen molar-refractivity contribution in [3.8, 4) is 11.5 Å². The summed E-state index contributed by atoms with van der Waals surface area (Å²) in [5, 5.41) is 3.31. The molecule has 188 valence electrons. The molecule has 3 heterocycles. The van der Waals surface area contributed by atoms with Crippen LogP contribution >= 0.6 is 0 Å². The maximum absolute atomic E-state index is 10.9. The Hall–Kier alpha value is -5.07. The number of aromatic amines is 1. The van der Waals surface area contributed by atoms with Crippen molar-refractivity contribution in [2.24, 2.45) is 5.84 Å². The highest BCUT2D eigenvalue weighted by Gasteiger charge is 2.08. The van der Waals surface area contributed by atoms with Crippen LogP contribution in [0.15, 0.2) is 130 Å². The molecule has 38 heavy (non-hydrogen) atoms. The quantitative estimate of drug-likeness (QED) is 0.129. The van der Waals surface area contributed by atoms with E-state index in [0.29, 0.717) is 5.76 Å². The molecule has 0 spiro atoms. The van der Waals surface area contributed by atoms with Crippen LogP contribution in [-0.4, -0.2) is 10.8 Å². The van der Waals surface area contributed by atoms with Gasteiger partial charge in [0, 0.05) is 34.3 Å². The van der Waals surface area contributed by atoms with Gasteiger partial charge in [-0.05, 0) is 48.5 Å². The van der Waals surface area contributed by atoms with Crippen LogP contribution in [0.2, 0.25) is 0 Å². The first-order valence-electron chi connectivity index (χ1n) is 12.2. The summed E-state index contributed by atoms with van der Waals surface area (Å²) in [6, 6.07) is 39.4. The third kappa shape index (κ3) is 5.67. The third-order valence-corrected chi connectivity index (χ3v) is 5.93. The first kappa shape index (κ1) is 24.6. The minimum atomic E-state index is -0.0359. The molecular formula is C32H27N3O3. The molecule has 6 heteroatoms. The molecule has 0 saturated carbocycles. The number of benzene rings is 4. The zero-order valence-corrected chi connectivity index (χ0v) is 20.8. The van der Waals surface area contributed by atoms with Crippen LogP contribution in [0.5, 0.6) is 0 Å². The van der Waals surface area contributed by atoms with Gasteiger partial charge >= 0.3 is 0 Å². The van der Waals surface area contributed by atoms with Crippen LogP contribution in [0, 0.1) is 0 Å². The van der Waals surface area contributed by atoms with Crippen molar-refractivity contribution in [3.05, 3.63) is 127 Å². The number of ketones is 1. The van der Waals surface area contributed by atoms with Crippen LogP contribution in [0.4, 0.5) is 5.69 Å². The maximum Gasteiger partial charge on any atom is 0.194 e. The van der Waals surface area contributed by atoms with Crippen LogP contribution in [0.3, 0.4) is 0 Å². The molecule has 7 aromatic rings. The second-order valence-corrected chi connectivity index (χ2v) is 8.63. The van der Waals surface area contributed by atoms with E-state index in [-0.39, 0.29) is 5.78 Å². The van der Waals surface area contributed by atoms with Crippen LogP contribution in [-0.2, 0) is 0 Å². The average molecular weight is 502 g/mol. The van der Waals surface area contributed by atoms with E-state index in [1.165, 1.54) is 12.3 Å². The van der Waals surface area contributed by atoms with E-state index >= 15 is 0 Å². The Labute approximate surface area is 219 Å². The van der Waals surface area contributed by atoms with Crippen molar-refractivity contribution >= 4 is 44.3 Å². The Bertz CT molecular complexity index is 1620. The van der Waals surface area contributed by atoms with Crippen molar-refractivity contribution in [1.82, 2.24) is 4.98 Å². The first-order chi connectivity index (χ1) is 18.6. The van der Waals surface area contributed by atoms with E-state index in [9.17, 15) is 4.79 Å². The van der Waals surface area contributed by atoms with Gasteiger partial charge in [-0.25, -0.2) is 0 Å². The zero-order chi connectivity index (χ0) is 26.3. The number of Topliss-reactive ketones (excluding diaryl/α,β-unsaturated/α-hetero) is 1. The molecule has 3 aromatic heterocycles. The molecule has 0 unspecified atom stereocenters. The van der Waals surface area contributed by atoms with Gasteiger partial charge in [0.1, 0.15) is 11.2 Å². The molecule has 0 bridgehead atoms. The van der Waals surface area contributed by atoms with Crippen LogP contribution in [0.1, 0.15) is 17.5 Å². The predicted molar refractivity (Wildman–Crippen MR) is 154 cm³/mol. The molecule has 7 rings (SSSR count). The summed E-state index contributed by atoms with van der Waals surface area (Å²) in [6.45, 7) is 1.50. The Morgan fingerprint density at radius 1 is 0.684 bits per heavy atom. The normalized spacial score (nSPS) is 10.5. The standard InChI is InChI=1S/C16H11NO.C10H8O2.C6H8N2/c1-3-7-13-11(5-1)9-14(17-13)16-10-12-6-2-4-8-15(12)18-16;1-7(11)10-6-8-4-2-3-5-9(8)12-10;7-8-6-4-2-1-3-5-6/h1-10,17H;2-6H,1H3;1-5,8H,7H2. The molecule has 0 aliphatic heterocycles. The number of hydrogen-bond donors (Lipinski definition) is 3. The highest BCUT2D eigenvalue weighted by molar-refractivity contribution is 5.95. The molecule has 6 nitrogen and oxygen atoms in total. The minimum absolute atomic E-state index is 0.0359. The number of rotatable bonds is 3. The monoisotopic (exact) mass is 501 g/mol. The topological polar surface area (TPSA) is 97.2 Å². The Balaban J connectivity index is 0.000000127. The number of anilines is 1. The SMILES string of the molecule is CC(=O)c1cc2ccccc2o1.NNc1ccccc1.c1ccc2[nH]c(-c3cc4ccccc4o3)cc2c1. The molecule has 0 radical (unpaired) electrons. The van der Waals surface area contributed by atoms with Gasteiger partial charge in [-0.3, -0.25) is 10.6 Å². The lowest BCUT2D eigenvalue weighted by Gasteiger charge is -1.94. The summed E-state index contributed by atoms with van der Waals surface area (Å²) in [6.07, 6.45) is 0. The van der Waals surface area contributed by atoms with E-state index in [0.717, 1.165) is 44.6 Å². The van der Waals surface area contributed by atoms with Gasteiger partial charge < -0.3 is 19.2 Å². The van der Waals surface area contributed by atoms with Crippen molar-refractivity contribution in [2.45, 2.75) is 6.92 Å². The lowest BCUT2D eigenvalue weighted by molar-refractivity contribution is 0.0989. The fourth-order valence-electron chi connectivity index (χ4n) is 4.01. The number of nitrogens with one attached hydrogen (secondary N) is 2. The minimum Gasteiger partial charge on any atom is -0.455 e. The van der Waals surface area contributed by atoms with Gasteiger partial charge in [0.15, 0.2) is 17.3 Å². The predicted octanol–water partition coefficient (Wildman–Crippen LogP) is 8.19. The van der Waals surface area contributed by atoms with Gasteiger partial charge in [-0.2, -0.15) is 0 Å². The third-order valence-electron chi connectivity index (χ3n) is 5.93. The molecule has 4 aromatic carbocycles. The molecule has 0 atom stereocenters. The lowest BCUT2D eigenvalue weighted by Crippen LogP contribution is -2.05. The Kier molecular flexibility index (Phi) is 7.34. The number of H-pyrrole nitrogens is 1. The number of hydrogen-bond acceptors (Lipinski definition) is 5. The second kappa shape index (κ2) is 11.3. The zero-order valence-electron chi connectivity index (χ0n) is 20.8. The van der Waals surface area contributed by atoms with Gasteiger partial charge in [0.05, 0.1) is 5.69 Å². The van der Waals surface area contributed by atoms with Crippen LogP contribution in [0.25, 0.3) is 44.3 Å². The molecule has 0 aliphatic rings. The second-order valence-electron chi connectivity index (χ2n) is 8.63. The largest absolute Gasteiger partial charge is 0.455 e. The molecule has 0 aliphatic carbocycles. The Morgan fingerprint density at radius 3 is 1.84 bits per heavy atom. The first-order valence-corrected chi connectivity index (χ1v) is 12.2. The van der Waals surface area contributed by atoms with Crippen molar-refractivity contribution in [1.29, 1.82) is 0 Å². The van der Waals surface area contributed by atoms with E-state index in [4.69, 9.17) is 14.7 Å². The number of hydrazine groups is 1. The van der Waals surface area contributed by atoms with Gasteiger partial charge in [0.2, 0.25) is 0 Å². The highest BCUT2D eigenvalue weighted by Crippen LogP contribution is 2.29. The average Bonchev–Trinajstić information content (AvgIpc) is 3.70. The van der Waals surface area contributed by atoms with Gasteiger partial charge in [0.25, 0.3) is 0 Å². The lowest BCUT2D eigenvalue weighted by atomic mass is 10.2. The number of nitrogens with two attached hydrogens (primary N) is 1. The molecule has 0 saturated heterocycles. The number of carbonyl (C=O) groups is 1. The summed E-state index contributed by atoms with van der Waals surface area (Å²) in [4.78, 5) is 14.3. The van der Waals surface area contributed by atoms with Crippen molar-refractivity contribution in [3.63, 3.8) is 0 Å². The fourth-order valence-corrected chi connectivity index (χ4v) is 4.01. The number of aromatic nitrogens is 1. The van der Waals surface area contributed by atoms with E-state index < -0.39 is 0 Å². The summed E-state index contributed by atoms with van der Waals surface area (Å²) in [5.41, 5.74) is 7.31. The Morgan fingerprint density at radius 2 is 1.26 bits per heavy atom. The summed E-state index contributed by atoms with van der Waals surface area (Å²) >= 11 is 0. The van der Waals surface area contributed by atoms with Gasteiger partial charge in [-0.1, -0.05) is 72.8 Å². The molecule has 0 fully saturated rings.